The van der Waals surface area contributed by atoms with Gasteiger partial charge < -0.3 is 9.67 Å². The third kappa shape index (κ3) is 3.11. The summed E-state index contributed by atoms with van der Waals surface area (Å²) in [5.74, 6) is 2.92. The first kappa shape index (κ1) is 17.8. The van der Waals surface area contributed by atoms with Gasteiger partial charge in [0, 0.05) is 18.4 Å². The molecule has 0 saturated heterocycles. The molecule has 1 aromatic heterocycles. The number of fused-ring (bicyclic) bond motifs is 1. The molecule has 0 spiro atoms. The molecule has 1 N–H and O–H groups in total. The Morgan fingerprint density at radius 2 is 1.58 bits per heavy atom. The second-order valence-corrected chi connectivity index (χ2v) is 8.55. The van der Waals surface area contributed by atoms with E-state index < -0.39 is 12.1 Å². The molecule has 1 aliphatic heterocycles. The Morgan fingerprint density at radius 3 is 2.08 bits per heavy atom. The second-order valence-electron chi connectivity index (χ2n) is 8.55. The molecule has 6 rings (SSSR count). The minimum absolute atomic E-state index is 0.428. The van der Waals surface area contributed by atoms with Crippen molar-refractivity contribution in [1.29, 1.82) is 0 Å². The lowest BCUT2D eigenvalue weighted by Gasteiger charge is -2.56. The zero-order valence-corrected chi connectivity index (χ0v) is 14.6. The van der Waals surface area contributed by atoms with E-state index >= 15 is 0 Å². The number of hydrogen-bond donors (Lipinski definition) is 1. The highest BCUT2D eigenvalue weighted by Crippen LogP contribution is 2.60. The van der Waals surface area contributed by atoms with Crippen molar-refractivity contribution in [2.45, 2.75) is 75.9 Å². The predicted octanol–water partition coefficient (Wildman–Crippen LogP) is 3.72. The minimum Gasteiger partial charge on any atom is -0.475 e. The Kier molecular flexibility index (Phi) is 4.27. The molecule has 0 atom stereocenters. The van der Waals surface area contributed by atoms with Crippen LogP contribution in [0.25, 0.3) is 0 Å². The molecule has 4 bridgehead atoms. The molecule has 0 aromatic carbocycles. The number of carboxylic acid groups (broad SMARTS) is 1. The van der Waals surface area contributed by atoms with Gasteiger partial charge in [-0.25, -0.2) is 4.79 Å². The molecule has 2 heterocycles. The fraction of sp³-hybridized carbons (Fsp3) is 0.833. The van der Waals surface area contributed by atoms with Gasteiger partial charge in [0.05, 0.1) is 0 Å². The van der Waals surface area contributed by atoms with Crippen molar-refractivity contribution in [3.05, 3.63) is 11.6 Å². The van der Waals surface area contributed by atoms with Crippen LogP contribution in [0.15, 0.2) is 0 Å². The maximum Gasteiger partial charge on any atom is 0.490 e. The van der Waals surface area contributed by atoms with Crippen LogP contribution >= 0.6 is 0 Å². The van der Waals surface area contributed by atoms with Gasteiger partial charge in [-0.2, -0.15) is 13.2 Å². The number of rotatable bonds is 1. The first-order valence-corrected chi connectivity index (χ1v) is 9.49. The van der Waals surface area contributed by atoms with Crippen molar-refractivity contribution in [3.8, 4) is 0 Å². The quantitative estimate of drug-likeness (QED) is 0.817. The molecule has 1 aromatic rings. The Bertz CT molecular complexity index is 663. The number of halogens is 3. The summed E-state index contributed by atoms with van der Waals surface area (Å²) in [6, 6.07) is 0. The summed E-state index contributed by atoms with van der Waals surface area (Å²) in [5, 5.41) is 16.4. The summed E-state index contributed by atoms with van der Waals surface area (Å²) in [4.78, 5) is 8.90. The molecule has 0 radical (unpaired) electrons. The van der Waals surface area contributed by atoms with Gasteiger partial charge in [0.1, 0.15) is 11.6 Å². The molecular weight excluding hydrogens is 347 g/mol. The molecular formula is C18H24F3N3O2. The Hall–Kier alpha value is -1.60. The first-order valence-electron chi connectivity index (χ1n) is 9.49. The predicted molar refractivity (Wildman–Crippen MR) is 86.5 cm³/mol. The van der Waals surface area contributed by atoms with E-state index in [1.807, 2.05) is 0 Å². The average Bonchev–Trinajstić information content (AvgIpc) is 2.98. The number of aliphatic carboxylic acids is 1. The van der Waals surface area contributed by atoms with Crippen LogP contribution < -0.4 is 0 Å². The first-order chi connectivity index (χ1) is 12.3. The van der Waals surface area contributed by atoms with E-state index in [9.17, 15) is 13.2 Å². The van der Waals surface area contributed by atoms with E-state index in [2.05, 4.69) is 9.67 Å². The highest BCUT2D eigenvalue weighted by molar-refractivity contribution is 5.73. The molecule has 0 amide bonds. The monoisotopic (exact) mass is 371 g/mol. The zero-order valence-electron chi connectivity index (χ0n) is 14.6. The van der Waals surface area contributed by atoms with Gasteiger partial charge in [-0.1, -0.05) is 0 Å². The highest BCUT2D eigenvalue weighted by atomic mass is 19.4. The number of alkyl halides is 3. The summed E-state index contributed by atoms with van der Waals surface area (Å²) >= 11 is 0. The molecule has 4 aliphatic carbocycles. The number of nitrogens with zero attached hydrogens (tertiary/aromatic N) is 3. The van der Waals surface area contributed by atoms with Crippen LogP contribution in [0, 0.1) is 17.8 Å². The third-order valence-corrected chi connectivity index (χ3v) is 6.61. The standard InChI is InChI=1S/C16H23N3.C2HF3O2/c1-2-4-19-14(3-1)17-18-15(19)16-8-11-5-12(9-16)7-13(6-11)10-16;3-2(4,5)1(6)7/h11-13H,1-10H2;(H,6,7). The summed E-state index contributed by atoms with van der Waals surface area (Å²) < 4.78 is 34.2. The van der Waals surface area contributed by atoms with Crippen molar-refractivity contribution >= 4 is 5.97 Å². The zero-order chi connectivity index (χ0) is 18.5. The molecule has 0 unspecified atom stereocenters. The summed E-state index contributed by atoms with van der Waals surface area (Å²) in [6.07, 6.45) is 7.48. The minimum atomic E-state index is -5.08. The van der Waals surface area contributed by atoms with Crippen molar-refractivity contribution < 1.29 is 23.1 Å². The Balaban J connectivity index is 0.000000209. The van der Waals surface area contributed by atoms with E-state index in [1.54, 1.807) is 0 Å². The fourth-order valence-electron chi connectivity index (χ4n) is 6.09. The third-order valence-electron chi connectivity index (χ3n) is 6.61. The lowest BCUT2D eigenvalue weighted by molar-refractivity contribution is -0.192. The Morgan fingerprint density at radius 1 is 1.04 bits per heavy atom. The maximum absolute atomic E-state index is 10.6. The summed E-state index contributed by atoms with van der Waals surface area (Å²) in [7, 11) is 0. The van der Waals surface area contributed by atoms with E-state index in [0.29, 0.717) is 5.41 Å². The smallest absolute Gasteiger partial charge is 0.475 e. The van der Waals surface area contributed by atoms with E-state index in [4.69, 9.17) is 15.0 Å². The highest BCUT2D eigenvalue weighted by Gasteiger charge is 2.54. The molecule has 5 nitrogen and oxygen atoms in total. The summed E-state index contributed by atoms with van der Waals surface area (Å²) in [6.45, 7) is 1.18. The number of aromatic nitrogens is 3. The molecule has 4 fully saturated rings. The Labute approximate surface area is 150 Å². The maximum atomic E-state index is 10.6. The average molecular weight is 371 g/mol. The van der Waals surface area contributed by atoms with Crippen LogP contribution in [0.3, 0.4) is 0 Å². The number of carboxylic acids is 1. The van der Waals surface area contributed by atoms with Gasteiger partial charge >= 0.3 is 12.1 Å². The van der Waals surface area contributed by atoms with Gasteiger partial charge in [-0.05, 0) is 69.1 Å². The van der Waals surface area contributed by atoms with Gasteiger partial charge in [-0.3, -0.25) is 0 Å². The number of aryl methyl sites for hydroxylation is 1. The van der Waals surface area contributed by atoms with Crippen LogP contribution in [0.4, 0.5) is 13.2 Å². The normalized spacial score (nSPS) is 34.8. The van der Waals surface area contributed by atoms with Gasteiger partial charge in [0.15, 0.2) is 0 Å². The lowest BCUT2D eigenvalue weighted by Crippen LogP contribution is -2.50. The summed E-state index contributed by atoms with van der Waals surface area (Å²) in [5.41, 5.74) is 0.428. The molecule has 26 heavy (non-hydrogen) atoms. The van der Waals surface area contributed by atoms with E-state index in [0.717, 1.165) is 24.2 Å². The van der Waals surface area contributed by atoms with Crippen LogP contribution in [0.2, 0.25) is 0 Å². The number of hydrogen-bond acceptors (Lipinski definition) is 3. The fourth-order valence-corrected chi connectivity index (χ4v) is 6.09. The lowest BCUT2D eigenvalue weighted by atomic mass is 9.49. The largest absolute Gasteiger partial charge is 0.490 e. The van der Waals surface area contributed by atoms with E-state index in [1.165, 1.54) is 69.6 Å². The van der Waals surface area contributed by atoms with Crippen LogP contribution in [-0.4, -0.2) is 32.0 Å². The topological polar surface area (TPSA) is 68.0 Å². The van der Waals surface area contributed by atoms with Gasteiger partial charge in [-0.15, -0.1) is 10.2 Å². The van der Waals surface area contributed by atoms with Gasteiger partial charge in [0.25, 0.3) is 0 Å². The van der Waals surface area contributed by atoms with Crippen LogP contribution in [0.5, 0.6) is 0 Å². The molecule has 144 valence electrons. The molecule has 8 heteroatoms. The SMILES string of the molecule is C1CCn2c(nnc2C23CC4CC(CC(C4)C2)C3)C1.O=C(O)C(F)(F)F. The van der Waals surface area contributed by atoms with Crippen molar-refractivity contribution in [1.82, 2.24) is 14.8 Å². The van der Waals surface area contributed by atoms with E-state index in [-0.39, 0.29) is 0 Å². The molecule has 4 saturated carbocycles. The molecule has 5 aliphatic rings. The van der Waals surface area contributed by atoms with Gasteiger partial charge in [0.2, 0.25) is 0 Å². The van der Waals surface area contributed by atoms with Crippen molar-refractivity contribution in [2.75, 3.05) is 0 Å². The van der Waals surface area contributed by atoms with Crippen molar-refractivity contribution in [2.24, 2.45) is 17.8 Å². The van der Waals surface area contributed by atoms with Crippen molar-refractivity contribution in [3.63, 3.8) is 0 Å². The van der Waals surface area contributed by atoms with Crippen LogP contribution in [0.1, 0.15) is 63.0 Å². The second kappa shape index (κ2) is 6.23. The van der Waals surface area contributed by atoms with Crippen LogP contribution in [-0.2, 0) is 23.2 Å². The number of carbonyl (C=O) groups is 1.